The van der Waals surface area contributed by atoms with Crippen molar-refractivity contribution in [3.05, 3.63) is 18.0 Å². The van der Waals surface area contributed by atoms with Gasteiger partial charge in [-0.3, -0.25) is 14.8 Å². The molecule has 1 unspecified atom stereocenters. The van der Waals surface area contributed by atoms with Crippen molar-refractivity contribution in [2.24, 2.45) is 0 Å². The fourth-order valence-electron chi connectivity index (χ4n) is 2.97. The van der Waals surface area contributed by atoms with Crippen LogP contribution in [0.15, 0.2) is 12.3 Å². The van der Waals surface area contributed by atoms with Gasteiger partial charge in [0, 0.05) is 30.9 Å². The summed E-state index contributed by atoms with van der Waals surface area (Å²) in [4.78, 5) is 16.4. The fraction of sp³-hybridized carbons (Fsp3) is 0.692. The number of H-pyrrole nitrogens is 1. The number of aromatic nitrogens is 2. The highest BCUT2D eigenvalue weighted by Gasteiger charge is 2.29. The second kappa shape index (κ2) is 5.10. The molecule has 0 radical (unpaired) electrons. The number of hydrogen-bond acceptors (Lipinski definition) is 3. The Morgan fingerprint density at radius 3 is 2.94 bits per heavy atom. The highest BCUT2D eigenvalue weighted by atomic mass is 16.2. The van der Waals surface area contributed by atoms with E-state index in [1.54, 1.807) is 6.20 Å². The summed E-state index contributed by atoms with van der Waals surface area (Å²) in [5.41, 5.74) is 1.16. The van der Waals surface area contributed by atoms with E-state index in [1.807, 2.05) is 11.0 Å². The average Bonchev–Trinajstić information content (AvgIpc) is 3.11. The Bertz CT molecular complexity index is 397. The molecule has 5 nitrogen and oxygen atoms in total. The lowest BCUT2D eigenvalue weighted by Crippen LogP contribution is -2.38. The summed E-state index contributed by atoms with van der Waals surface area (Å²) in [6, 6.07) is 2.01. The van der Waals surface area contributed by atoms with Gasteiger partial charge in [-0.1, -0.05) is 0 Å². The Kier molecular flexibility index (Phi) is 3.32. The quantitative estimate of drug-likeness (QED) is 0.861. The predicted octanol–water partition coefficient (Wildman–Crippen LogP) is 0.821. The Labute approximate surface area is 107 Å². The highest BCUT2D eigenvalue weighted by Crippen LogP contribution is 2.25. The molecule has 98 valence electrons. The molecule has 1 aromatic heterocycles. The molecule has 18 heavy (non-hydrogen) atoms. The van der Waals surface area contributed by atoms with Gasteiger partial charge in [-0.05, 0) is 38.4 Å². The van der Waals surface area contributed by atoms with Crippen molar-refractivity contribution in [3.63, 3.8) is 0 Å². The number of amides is 1. The van der Waals surface area contributed by atoms with Gasteiger partial charge in [0.25, 0.3) is 0 Å². The van der Waals surface area contributed by atoms with Crippen LogP contribution in [0.2, 0.25) is 0 Å². The minimum Gasteiger partial charge on any atom is -0.341 e. The maximum absolute atomic E-state index is 12.2. The van der Waals surface area contributed by atoms with Crippen LogP contribution in [0.1, 0.15) is 30.9 Å². The summed E-state index contributed by atoms with van der Waals surface area (Å²) < 4.78 is 0. The Hall–Kier alpha value is -1.36. The zero-order valence-corrected chi connectivity index (χ0v) is 10.6. The van der Waals surface area contributed by atoms with Crippen LogP contribution in [-0.4, -0.2) is 58.6 Å². The van der Waals surface area contributed by atoms with Crippen LogP contribution >= 0.6 is 0 Å². The van der Waals surface area contributed by atoms with E-state index in [0.717, 1.165) is 38.3 Å². The SMILES string of the molecule is O=C(CN1CCCC1)N1CCC(c2ccn[nH]2)C1. The maximum Gasteiger partial charge on any atom is 0.236 e. The number of rotatable bonds is 3. The van der Waals surface area contributed by atoms with E-state index < -0.39 is 0 Å². The molecule has 0 aliphatic carbocycles. The van der Waals surface area contributed by atoms with E-state index in [1.165, 1.54) is 12.8 Å². The third-order valence-corrected chi connectivity index (χ3v) is 4.06. The number of carbonyl (C=O) groups excluding carboxylic acids is 1. The van der Waals surface area contributed by atoms with Gasteiger partial charge in [0.15, 0.2) is 0 Å². The van der Waals surface area contributed by atoms with Crippen molar-refractivity contribution < 1.29 is 4.79 Å². The number of likely N-dealkylation sites (tertiary alicyclic amines) is 2. The zero-order valence-electron chi connectivity index (χ0n) is 10.6. The lowest BCUT2D eigenvalue weighted by atomic mass is 10.1. The molecule has 2 saturated heterocycles. The van der Waals surface area contributed by atoms with Gasteiger partial charge in [-0.15, -0.1) is 0 Å². The number of aromatic amines is 1. The van der Waals surface area contributed by atoms with Crippen molar-refractivity contribution in [2.75, 3.05) is 32.7 Å². The first-order chi connectivity index (χ1) is 8.83. The van der Waals surface area contributed by atoms with Gasteiger partial charge in [0.05, 0.1) is 6.54 Å². The minimum absolute atomic E-state index is 0.291. The summed E-state index contributed by atoms with van der Waals surface area (Å²) in [6.45, 7) is 4.51. The molecule has 0 saturated carbocycles. The molecule has 3 heterocycles. The standard InChI is InChI=1S/C13H20N4O/c18-13(10-16-6-1-2-7-16)17-8-4-11(9-17)12-3-5-14-15-12/h3,5,11H,1-2,4,6-10H2,(H,14,15). The van der Waals surface area contributed by atoms with E-state index in [2.05, 4.69) is 15.1 Å². The summed E-state index contributed by atoms with van der Waals surface area (Å²) in [5, 5.41) is 7.00. The number of hydrogen-bond donors (Lipinski definition) is 1. The van der Waals surface area contributed by atoms with Crippen LogP contribution in [-0.2, 0) is 4.79 Å². The van der Waals surface area contributed by atoms with Crippen LogP contribution < -0.4 is 0 Å². The monoisotopic (exact) mass is 248 g/mol. The molecule has 1 aromatic rings. The van der Waals surface area contributed by atoms with E-state index in [4.69, 9.17) is 0 Å². The number of carbonyl (C=O) groups is 1. The number of nitrogens with one attached hydrogen (secondary N) is 1. The van der Waals surface area contributed by atoms with Gasteiger partial charge in [-0.25, -0.2) is 0 Å². The van der Waals surface area contributed by atoms with Gasteiger partial charge < -0.3 is 4.90 Å². The van der Waals surface area contributed by atoms with Gasteiger partial charge >= 0.3 is 0 Å². The molecule has 1 atom stereocenters. The summed E-state index contributed by atoms with van der Waals surface area (Å²) >= 11 is 0. The van der Waals surface area contributed by atoms with Crippen molar-refractivity contribution in [1.82, 2.24) is 20.0 Å². The summed E-state index contributed by atoms with van der Waals surface area (Å²) in [5.74, 6) is 0.731. The molecule has 5 heteroatoms. The molecule has 0 bridgehead atoms. The van der Waals surface area contributed by atoms with Gasteiger partial charge in [-0.2, -0.15) is 5.10 Å². The molecule has 1 amide bonds. The maximum atomic E-state index is 12.2. The van der Waals surface area contributed by atoms with Crippen LogP contribution in [0, 0.1) is 0 Å². The molecule has 0 spiro atoms. The molecular formula is C13H20N4O. The molecule has 3 rings (SSSR count). The third kappa shape index (κ3) is 2.41. The first kappa shape index (κ1) is 11.7. The summed E-state index contributed by atoms with van der Waals surface area (Å²) in [7, 11) is 0. The van der Waals surface area contributed by atoms with Crippen molar-refractivity contribution in [2.45, 2.75) is 25.2 Å². The molecular weight excluding hydrogens is 228 g/mol. The molecule has 1 N–H and O–H groups in total. The van der Waals surface area contributed by atoms with E-state index in [-0.39, 0.29) is 0 Å². The predicted molar refractivity (Wildman–Crippen MR) is 68.2 cm³/mol. The normalized spacial score (nSPS) is 24.9. The van der Waals surface area contributed by atoms with E-state index >= 15 is 0 Å². The minimum atomic E-state index is 0.291. The Morgan fingerprint density at radius 1 is 1.39 bits per heavy atom. The zero-order chi connectivity index (χ0) is 12.4. The van der Waals surface area contributed by atoms with Crippen molar-refractivity contribution in [3.8, 4) is 0 Å². The third-order valence-electron chi connectivity index (χ3n) is 4.06. The molecule has 0 aromatic carbocycles. The fourth-order valence-corrected chi connectivity index (χ4v) is 2.97. The largest absolute Gasteiger partial charge is 0.341 e. The highest BCUT2D eigenvalue weighted by molar-refractivity contribution is 5.78. The van der Waals surface area contributed by atoms with E-state index in [9.17, 15) is 4.79 Å². The topological polar surface area (TPSA) is 52.2 Å². The van der Waals surface area contributed by atoms with E-state index in [0.29, 0.717) is 18.4 Å². The van der Waals surface area contributed by atoms with Gasteiger partial charge in [0.1, 0.15) is 0 Å². The van der Waals surface area contributed by atoms with Crippen LogP contribution in [0.5, 0.6) is 0 Å². The van der Waals surface area contributed by atoms with Crippen molar-refractivity contribution in [1.29, 1.82) is 0 Å². The number of nitrogens with zero attached hydrogens (tertiary/aromatic N) is 3. The Balaban J connectivity index is 1.53. The molecule has 2 aliphatic heterocycles. The first-order valence-corrected chi connectivity index (χ1v) is 6.82. The second-order valence-corrected chi connectivity index (χ2v) is 5.32. The van der Waals surface area contributed by atoms with Gasteiger partial charge in [0.2, 0.25) is 5.91 Å². The smallest absolute Gasteiger partial charge is 0.236 e. The average molecular weight is 248 g/mol. The van der Waals surface area contributed by atoms with Crippen LogP contribution in [0.3, 0.4) is 0 Å². The van der Waals surface area contributed by atoms with Crippen LogP contribution in [0.25, 0.3) is 0 Å². The lowest BCUT2D eigenvalue weighted by molar-refractivity contribution is -0.131. The first-order valence-electron chi connectivity index (χ1n) is 6.82. The van der Waals surface area contributed by atoms with Crippen molar-refractivity contribution >= 4 is 5.91 Å². The molecule has 2 fully saturated rings. The summed E-state index contributed by atoms with van der Waals surface area (Å²) in [6.07, 6.45) is 5.31. The molecule has 2 aliphatic rings. The lowest BCUT2D eigenvalue weighted by Gasteiger charge is -2.20. The second-order valence-electron chi connectivity index (χ2n) is 5.32. The van der Waals surface area contributed by atoms with Crippen LogP contribution in [0.4, 0.5) is 0 Å². The Morgan fingerprint density at radius 2 is 2.22 bits per heavy atom.